The Bertz CT molecular complexity index is 1250. The van der Waals surface area contributed by atoms with Crippen molar-refractivity contribution in [1.29, 1.82) is 5.26 Å². The van der Waals surface area contributed by atoms with Crippen molar-refractivity contribution in [1.82, 2.24) is 9.88 Å². The number of hydrogen-bond acceptors (Lipinski definition) is 7. The number of carboxylic acid groups (broad SMARTS) is 2. The highest BCUT2D eigenvalue weighted by atomic mass is 19.4. The van der Waals surface area contributed by atoms with Crippen LogP contribution in [0.2, 0.25) is 0 Å². The number of aromatic nitrogens is 1. The fourth-order valence-electron chi connectivity index (χ4n) is 3.14. The van der Waals surface area contributed by atoms with Crippen LogP contribution in [0.4, 0.5) is 39.5 Å². The largest absolute Gasteiger partial charge is 0.490 e. The number of halogens is 9. The van der Waals surface area contributed by atoms with Gasteiger partial charge in [0.05, 0.1) is 17.7 Å². The molecule has 2 heterocycles. The molecule has 1 saturated heterocycles. The average molecular weight is 632 g/mol. The van der Waals surface area contributed by atoms with Gasteiger partial charge in [-0.25, -0.2) is 14.6 Å². The van der Waals surface area contributed by atoms with E-state index in [1.165, 1.54) is 4.90 Å². The maximum absolute atomic E-state index is 12.6. The lowest BCUT2D eigenvalue weighted by Gasteiger charge is -2.23. The standard InChI is InChI=1S/C20H19F3N4O2.2C2HF3O2/c21-20(22,23)14-5-8-18(26-12-14)29-16-6-3-13(4-7-16)10-17(25)19(28)27-9-1-2-15(27)11-24;2*3-2(4,5)1(6)7/h3-8,12,15,17H,1-2,9-10,25H2;2*(H,6,7)/t15-,17-;;/m0../s1. The number of ether oxygens (including phenoxy) is 1. The summed E-state index contributed by atoms with van der Waals surface area (Å²) in [4.78, 5) is 35.4. The number of benzene rings is 1. The first-order valence-electron chi connectivity index (χ1n) is 11.5. The summed E-state index contributed by atoms with van der Waals surface area (Å²) in [5.41, 5.74) is 5.97. The van der Waals surface area contributed by atoms with Crippen LogP contribution in [0.25, 0.3) is 0 Å². The molecule has 2 atom stereocenters. The molecule has 1 aliphatic rings. The topological polar surface area (TPSA) is 167 Å². The number of carboxylic acids is 2. The van der Waals surface area contributed by atoms with Crippen molar-refractivity contribution in [3.8, 4) is 17.7 Å². The van der Waals surface area contributed by atoms with Crippen LogP contribution in [0.1, 0.15) is 24.0 Å². The molecule has 0 spiro atoms. The molecule has 4 N–H and O–H groups in total. The van der Waals surface area contributed by atoms with Crippen molar-refractivity contribution < 1.29 is 68.8 Å². The van der Waals surface area contributed by atoms with Crippen molar-refractivity contribution in [3.63, 3.8) is 0 Å². The van der Waals surface area contributed by atoms with Gasteiger partial charge in [-0.3, -0.25) is 4.79 Å². The van der Waals surface area contributed by atoms with Crippen molar-refractivity contribution >= 4 is 17.8 Å². The van der Waals surface area contributed by atoms with Crippen LogP contribution in [0.3, 0.4) is 0 Å². The summed E-state index contributed by atoms with van der Waals surface area (Å²) in [6, 6.07) is 9.68. The zero-order valence-corrected chi connectivity index (χ0v) is 21.4. The van der Waals surface area contributed by atoms with E-state index >= 15 is 0 Å². The fraction of sp³-hybridized carbons (Fsp3) is 0.375. The van der Waals surface area contributed by atoms with E-state index in [9.17, 15) is 44.3 Å². The van der Waals surface area contributed by atoms with Crippen molar-refractivity contribution in [2.45, 2.75) is 49.9 Å². The first-order valence-corrected chi connectivity index (χ1v) is 11.5. The van der Waals surface area contributed by atoms with Gasteiger partial charge in [0, 0.05) is 18.8 Å². The number of hydrogen-bond donors (Lipinski definition) is 3. The maximum atomic E-state index is 12.6. The molecule has 43 heavy (non-hydrogen) atoms. The highest BCUT2D eigenvalue weighted by Crippen LogP contribution is 2.30. The molecule has 1 aromatic heterocycles. The van der Waals surface area contributed by atoms with Gasteiger partial charge in [0.1, 0.15) is 11.8 Å². The average Bonchev–Trinajstić information content (AvgIpc) is 3.38. The highest BCUT2D eigenvalue weighted by Gasteiger charge is 2.39. The number of nitrogens with zero attached hydrogens (tertiary/aromatic N) is 3. The van der Waals surface area contributed by atoms with Crippen LogP contribution in [0, 0.1) is 11.3 Å². The summed E-state index contributed by atoms with van der Waals surface area (Å²) < 4.78 is 107. The van der Waals surface area contributed by atoms with Crippen LogP contribution in [0.5, 0.6) is 11.6 Å². The third kappa shape index (κ3) is 12.4. The number of carbonyl (C=O) groups is 3. The highest BCUT2D eigenvalue weighted by molar-refractivity contribution is 5.83. The number of nitriles is 1. The van der Waals surface area contributed by atoms with Crippen LogP contribution in [-0.2, 0) is 27.0 Å². The Balaban J connectivity index is 0.000000548. The molecule has 1 amide bonds. The Hall–Kier alpha value is -4.60. The van der Waals surface area contributed by atoms with Crippen LogP contribution >= 0.6 is 0 Å². The van der Waals surface area contributed by atoms with Crippen LogP contribution < -0.4 is 10.5 Å². The van der Waals surface area contributed by atoms with E-state index in [1.54, 1.807) is 24.3 Å². The molecule has 0 aliphatic carbocycles. The van der Waals surface area contributed by atoms with Gasteiger partial charge >= 0.3 is 30.5 Å². The Kier molecular flexibility index (Phi) is 12.7. The van der Waals surface area contributed by atoms with E-state index in [0.717, 1.165) is 24.1 Å². The van der Waals surface area contributed by atoms with Gasteiger partial charge in [-0.15, -0.1) is 0 Å². The second-order valence-corrected chi connectivity index (χ2v) is 8.36. The molecule has 1 aromatic carbocycles. The molecule has 1 aliphatic heterocycles. The summed E-state index contributed by atoms with van der Waals surface area (Å²) in [5, 5.41) is 23.4. The van der Waals surface area contributed by atoms with E-state index in [0.29, 0.717) is 31.3 Å². The molecular formula is C24H21F9N4O6. The summed E-state index contributed by atoms with van der Waals surface area (Å²) in [5.74, 6) is -5.33. The quantitative estimate of drug-likeness (QED) is 0.401. The molecule has 1 fully saturated rings. The number of nitrogens with two attached hydrogens (primary N) is 1. The van der Waals surface area contributed by atoms with Gasteiger partial charge in [0.25, 0.3) is 0 Å². The van der Waals surface area contributed by atoms with E-state index < -0.39 is 48.1 Å². The summed E-state index contributed by atoms with van der Waals surface area (Å²) in [6.45, 7) is 0.539. The Morgan fingerprint density at radius 2 is 1.49 bits per heavy atom. The predicted molar refractivity (Wildman–Crippen MR) is 125 cm³/mol. The van der Waals surface area contributed by atoms with Gasteiger partial charge in [0.2, 0.25) is 11.8 Å². The minimum Gasteiger partial charge on any atom is -0.475 e. The minimum absolute atomic E-state index is 0.0363. The zero-order chi connectivity index (χ0) is 33.2. The minimum atomic E-state index is -5.08. The molecule has 0 saturated carbocycles. The summed E-state index contributed by atoms with van der Waals surface area (Å²) >= 11 is 0. The maximum Gasteiger partial charge on any atom is 0.490 e. The summed E-state index contributed by atoms with van der Waals surface area (Å²) in [6.07, 6.45) is -12.2. The third-order valence-corrected chi connectivity index (χ3v) is 5.15. The number of pyridine rings is 1. The van der Waals surface area contributed by atoms with Crippen molar-refractivity contribution in [2.75, 3.05) is 6.54 Å². The second-order valence-electron chi connectivity index (χ2n) is 8.36. The Labute approximate surface area is 236 Å². The smallest absolute Gasteiger partial charge is 0.475 e. The van der Waals surface area contributed by atoms with Gasteiger partial charge in [-0.05, 0) is 43.0 Å². The van der Waals surface area contributed by atoms with Gasteiger partial charge < -0.3 is 25.6 Å². The fourth-order valence-corrected chi connectivity index (χ4v) is 3.14. The number of alkyl halides is 9. The van der Waals surface area contributed by atoms with E-state index in [1.807, 2.05) is 0 Å². The molecule has 3 rings (SSSR count). The van der Waals surface area contributed by atoms with Crippen molar-refractivity contribution in [3.05, 3.63) is 53.7 Å². The lowest BCUT2D eigenvalue weighted by Crippen LogP contribution is -2.46. The van der Waals surface area contributed by atoms with Crippen LogP contribution in [-0.4, -0.2) is 68.9 Å². The number of rotatable bonds is 5. The first-order chi connectivity index (χ1) is 19.7. The van der Waals surface area contributed by atoms with Crippen molar-refractivity contribution in [2.24, 2.45) is 5.73 Å². The van der Waals surface area contributed by atoms with Gasteiger partial charge in [-0.1, -0.05) is 12.1 Å². The number of amides is 1. The lowest BCUT2D eigenvalue weighted by atomic mass is 10.1. The second kappa shape index (κ2) is 15.0. The molecule has 0 bridgehead atoms. The molecule has 236 valence electrons. The molecule has 10 nitrogen and oxygen atoms in total. The number of likely N-dealkylation sites (tertiary alicyclic amines) is 1. The molecule has 2 aromatic rings. The SMILES string of the molecule is N#C[C@@H]1CCCN1C(=O)[C@@H](N)Cc1ccc(Oc2ccc(C(F)(F)F)cn2)cc1.O=C(O)C(F)(F)F.O=C(O)C(F)(F)F. The predicted octanol–water partition coefficient (Wildman–Crippen LogP) is 4.54. The Morgan fingerprint density at radius 3 is 1.88 bits per heavy atom. The number of aliphatic carboxylic acids is 2. The monoisotopic (exact) mass is 632 g/mol. The molecule has 0 radical (unpaired) electrons. The molecular weight excluding hydrogens is 611 g/mol. The van der Waals surface area contributed by atoms with Gasteiger partial charge in [-0.2, -0.15) is 44.8 Å². The third-order valence-electron chi connectivity index (χ3n) is 5.15. The Morgan fingerprint density at radius 1 is 0.977 bits per heavy atom. The number of carbonyl (C=O) groups excluding carboxylic acids is 1. The van der Waals surface area contributed by atoms with E-state index in [4.69, 9.17) is 35.5 Å². The lowest BCUT2D eigenvalue weighted by molar-refractivity contribution is -0.193. The van der Waals surface area contributed by atoms with Gasteiger partial charge in [0.15, 0.2) is 0 Å². The molecule has 19 heteroatoms. The summed E-state index contributed by atoms with van der Waals surface area (Å²) in [7, 11) is 0. The van der Waals surface area contributed by atoms with E-state index in [-0.39, 0.29) is 11.8 Å². The molecule has 0 unspecified atom stereocenters. The first kappa shape index (κ1) is 36.4. The normalized spacial score (nSPS) is 15.6. The van der Waals surface area contributed by atoms with E-state index in [2.05, 4.69) is 11.1 Å². The van der Waals surface area contributed by atoms with Crippen LogP contribution in [0.15, 0.2) is 42.6 Å². The zero-order valence-electron chi connectivity index (χ0n) is 21.4.